The van der Waals surface area contributed by atoms with Gasteiger partial charge in [0.2, 0.25) is 0 Å². The topological polar surface area (TPSA) is 97.9 Å². The van der Waals surface area contributed by atoms with Crippen LogP contribution in [0.1, 0.15) is 42.1 Å². The fraction of sp³-hybridized carbons (Fsp3) is 0.542. The Morgan fingerprint density at radius 1 is 1.11 bits per heavy atom. The van der Waals surface area contributed by atoms with Gasteiger partial charge < -0.3 is 14.2 Å². The number of benzene rings is 1. The van der Waals surface area contributed by atoms with Crippen molar-refractivity contribution in [2.24, 2.45) is 18.1 Å². The molecule has 0 amide bonds. The number of alkyl halides is 3. The molecule has 2 aliphatic rings. The van der Waals surface area contributed by atoms with Gasteiger partial charge in [-0.15, -0.1) is 0 Å². The van der Waals surface area contributed by atoms with Crippen LogP contribution in [0.4, 0.5) is 13.2 Å². The van der Waals surface area contributed by atoms with Crippen molar-refractivity contribution in [2.75, 3.05) is 20.2 Å². The Kier molecular flexibility index (Phi) is 9.20. The second kappa shape index (κ2) is 11.8. The first kappa shape index (κ1) is 28.2. The Bertz CT molecular complexity index is 1190. The maximum atomic E-state index is 13.0. The molecule has 3 heterocycles. The summed E-state index contributed by atoms with van der Waals surface area (Å²) in [4.78, 5) is 17.2. The standard InChI is InChI=1S/C24H30F3N3O2.H3NO2S/c1-16-10-17(8-9-28(16)2)15-32-22-7-6-21(29(3)23(22)31)14-30-12-18-4-5-20(24(25,26)27)11-19(18)13-30;1-4(2)3/h4-7,11,16-17H,8-10,12-15H2,1-3H3;4H,(H2,1,2,3). The summed E-state index contributed by atoms with van der Waals surface area (Å²) in [5.74, 6) is 0.789. The van der Waals surface area contributed by atoms with Crippen molar-refractivity contribution >= 4 is 10.9 Å². The molecule has 0 spiro atoms. The molecule has 0 bridgehead atoms. The Balaban J connectivity index is 0.000000840. The summed E-state index contributed by atoms with van der Waals surface area (Å²) in [6.07, 6.45) is -2.22. The quantitative estimate of drug-likeness (QED) is 0.577. The van der Waals surface area contributed by atoms with Crippen molar-refractivity contribution < 1.29 is 26.3 Å². The van der Waals surface area contributed by atoms with Gasteiger partial charge in [-0.05, 0) is 74.7 Å². The van der Waals surface area contributed by atoms with E-state index in [0.717, 1.165) is 36.7 Å². The molecule has 2 atom stereocenters. The van der Waals surface area contributed by atoms with Gasteiger partial charge in [0.25, 0.3) is 5.56 Å². The van der Waals surface area contributed by atoms with Gasteiger partial charge in [0.15, 0.2) is 16.6 Å². The number of halogens is 3. The summed E-state index contributed by atoms with van der Waals surface area (Å²) in [5.41, 5.74) is 1.59. The highest BCUT2D eigenvalue weighted by Crippen LogP contribution is 2.33. The predicted octanol–water partition coefficient (Wildman–Crippen LogP) is 2.50. The zero-order chi connectivity index (χ0) is 26.6. The van der Waals surface area contributed by atoms with Gasteiger partial charge in [-0.2, -0.15) is 13.2 Å². The lowest BCUT2D eigenvalue weighted by atomic mass is 9.93. The molecule has 4 rings (SSSR count). The Labute approximate surface area is 210 Å². The van der Waals surface area contributed by atoms with E-state index in [2.05, 4.69) is 24.0 Å². The van der Waals surface area contributed by atoms with E-state index in [1.807, 2.05) is 11.0 Å². The molecule has 0 aliphatic carbocycles. The maximum Gasteiger partial charge on any atom is 0.416 e. The lowest BCUT2D eigenvalue weighted by molar-refractivity contribution is -0.137. The van der Waals surface area contributed by atoms with Crippen molar-refractivity contribution in [3.63, 3.8) is 0 Å². The van der Waals surface area contributed by atoms with Crippen LogP contribution in [0.3, 0.4) is 0 Å². The van der Waals surface area contributed by atoms with E-state index in [-0.39, 0.29) is 5.56 Å². The Morgan fingerprint density at radius 3 is 2.42 bits per heavy atom. The van der Waals surface area contributed by atoms with Gasteiger partial charge in [-0.25, -0.2) is 13.6 Å². The molecule has 2 unspecified atom stereocenters. The van der Waals surface area contributed by atoms with Crippen LogP contribution in [0.15, 0.2) is 35.1 Å². The largest absolute Gasteiger partial charge is 0.488 e. The number of thiol groups is 1. The summed E-state index contributed by atoms with van der Waals surface area (Å²) < 4.78 is 64.1. The number of nitrogens with two attached hydrogens (primary N) is 1. The van der Waals surface area contributed by atoms with Crippen molar-refractivity contribution in [1.82, 2.24) is 14.4 Å². The highest BCUT2D eigenvalue weighted by Gasteiger charge is 2.32. The minimum atomic E-state index is -4.34. The minimum Gasteiger partial charge on any atom is -0.488 e. The molecule has 1 fully saturated rings. The molecule has 2 aromatic rings. The van der Waals surface area contributed by atoms with Crippen LogP contribution in [0, 0.1) is 5.92 Å². The third-order valence-electron chi connectivity index (χ3n) is 6.87. The number of hydrogen-bond acceptors (Lipinski definition) is 6. The Hall–Kier alpha value is -2.41. The lowest BCUT2D eigenvalue weighted by Crippen LogP contribution is -2.39. The fourth-order valence-electron chi connectivity index (χ4n) is 4.65. The van der Waals surface area contributed by atoms with E-state index < -0.39 is 22.6 Å². The number of likely N-dealkylation sites (tertiary alicyclic amines) is 1. The van der Waals surface area contributed by atoms with E-state index >= 15 is 0 Å². The molecule has 0 saturated carbocycles. The van der Waals surface area contributed by atoms with Gasteiger partial charge >= 0.3 is 6.18 Å². The molecule has 2 N–H and O–H groups in total. The molecule has 1 aromatic carbocycles. The SMILES string of the molecule is CC1CC(COc2ccc(CN3Cc4ccc(C(F)(F)F)cc4C3)n(C)c2=O)CCN1C.N[SH](=O)=O. The summed E-state index contributed by atoms with van der Waals surface area (Å²) in [6, 6.07) is 8.03. The fourth-order valence-corrected chi connectivity index (χ4v) is 4.65. The predicted molar refractivity (Wildman–Crippen MR) is 131 cm³/mol. The molecule has 12 heteroatoms. The van der Waals surface area contributed by atoms with Crippen molar-refractivity contribution in [2.45, 2.75) is 51.6 Å². The van der Waals surface area contributed by atoms with Crippen molar-refractivity contribution in [1.29, 1.82) is 0 Å². The monoisotopic (exact) mass is 530 g/mol. The molecule has 2 aliphatic heterocycles. The zero-order valence-corrected chi connectivity index (χ0v) is 21.5. The normalized spacial score (nSPS) is 20.7. The number of aromatic nitrogens is 1. The first-order valence-electron chi connectivity index (χ1n) is 11.7. The summed E-state index contributed by atoms with van der Waals surface area (Å²) in [5, 5.41) is 4.06. The number of rotatable bonds is 5. The molecule has 1 saturated heterocycles. The van der Waals surface area contributed by atoms with Gasteiger partial charge in [0.1, 0.15) is 0 Å². The summed E-state index contributed by atoms with van der Waals surface area (Å²) in [6.45, 7) is 5.26. The number of hydrogen-bond donors (Lipinski definition) is 2. The molecular formula is C24H33F3N4O4S. The van der Waals surface area contributed by atoms with Crippen LogP contribution in [-0.4, -0.2) is 49.0 Å². The molecule has 8 nitrogen and oxygen atoms in total. The number of fused-ring (bicyclic) bond motifs is 1. The van der Waals surface area contributed by atoms with Gasteiger partial charge in [0, 0.05) is 38.4 Å². The van der Waals surface area contributed by atoms with Gasteiger partial charge in [-0.3, -0.25) is 9.69 Å². The second-order valence-corrected chi connectivity index (χ2v) is 10.1. The number of pyridine rings is 1. The van der Waals surface area contributed by atoms with E-state index in [0.29, 0.717) is 49.5 Å². The van der Waals surface area contributed by atoms with E-state index in [1.165, 1.54) is 6.07 Å². The summed E-state index contributed by atoms with van der Waals surface area (Å²) in [7, 11) is 1.22. The van der Waals surface area contributed by atoms with Crippen LogP contribution < -0.4 is 15.4 Å². The smallest absolute Gasteiger partial charge is 0.416 e. The molecular weight excluding hydrogens is 497 g/mol. The van der Waals surface area contributed by atoms with E-state index in [4.69, 9.17) is 13.2 Å². The first-order chi connectivity index (χ1) is 16.8. The first-order valence-corrected chi connectivity index (χ1v) is 12.9. The average Bonchev–Trinajstić information content (AvgIpc) is 3.19. The maximum absolute atomic E-state index is 13.0. The van der Waals surface area contributed by atoms with Crippen LogP contribution in [0.2, 0.25) is 0 Å². The average molecular weight is 531 g/mol. The van der Waals surface area contributed by atoms with Crippen LogP contribution in [-0.2, 0) is 43.7 Å². The van der Waals surface area contributed by atoms with E-state index in [9.17, 15) is 18.0 Å². The van der Waals surface area contributed by atoms with Crippen LogP contribution in [0.5, 0.6) is 5.75 Å². The Morgan fingerprint density at radius 2 is 1.78 bits per heavy atom. The third kappa shape index (κ3) is 7.31. The number of piperidine rings is 1. The highest BCUT2D eigenvalue weighted by molar-refractivity contribution is 7.69. The van der Waals surface area contributed by atoms with E-state index in [1.54, 1.807) is 23.7 Å². The lowest BCUT2D eigenvalue weighted by Gasteiger charge is -2.34. The third-order valence-corrected chi connectivity index (χ3v) is 6.87. The minimum absolute atomic E-state index is 0.181. The van der Waals surface area contributed by atoms with Crippen LogP contribution in [0.25, 0.3) is 0 Å². The highest BCUT2D eigenvalue weighted by atomic mass is 32.2. The summed E-state index contributed by atoms with van der Waals surface area (Å²) >= 11 is 0. The second-order valence-electron chi connectivity index (χ2n) is 9.50. The molecule has 1 aromatic heterocycles. The van der Waals surface area contributed by atoms with Gasteiger partial charge in [0.05, 0.1) is 12.2 Å². The zero-order valence-electron chi connectivity index (χ0n) is 20.6. The number of nitrogens with zero attached hydrogens (tertiary/aromatic N) is 3. The number of ether oxygens (including phenoxy) is 1. The van der Waals surface area contributed by atoms with Crippen LogP contribution >= 0.6 is 0 Å². The van der Waals surface area contributed by atoms with Crippen molar-refractivity contribution in [3.8, 4) is 5.75 Å². The van der Waals surface area contributed by atoms with Crippen molar-refractivity contribution in [3.05, 3.63) is 63.1 Å². The molecule has 36 heavy (non-hydrogen) atoms. The molecule has 200 valence electrons. The van der Waals surface area contributed by atoms with Gasteiger partial charge in [-0.1, -0.05) is 6.07 Å². The molecule has 0 radical (unpaired) electrons.